The van der Waals surface area contributed by atoms with Crippen molar-refractivity contribution < 1.29 is 9.84 Å². The minimum absolute atomic E-state index is 0.120. The first-order chi connectivity index (χ1) is 6.83. The van der Waals surface area contributed by atoms with Crippen molar-refractivity contribution in [1.82, 2.24) is 0 Å². The summed E-state index contributed by atoms with van der Waals surface area (Å²) in [6.07, 6.45) is 9.71. The summed E-state index contributed by atoms with van der Waals surface area (Å²) in [5.74, 6) is 0. The molecular weight excluding hydrogens is 176 g/mol. The first-order valence-corrected chi connectivity index (χ1v) is 6.12. The molecule has 0 heterocycles. The van der Waals surface area contributed by atoms with E-state index in [-0.39, 0.29) is 6.10 Å². The Bertz CT molecular complexity index is 130. The van der Waals surface area contributed by atoms with Gasteiger partial charge in [-0.25, -0.2) is 0 Å². The summed E-state index contributed by atoms with van der Waals surface area (Å²) in [7, 11) is 0. The molecule has 0 aromatic rings. The predicted molar refractivity (Wildman–Crippen MR) is 58.4 cm³/mol. The van der Waals surface area contributed by atoms with Gasteiger partial charge in [-0.1, -0.05) is 26.2 Å². The molecule has 0 bridgehead atoms. The molecule has 1 N–H and O–H groups in total. The van der Waals surface area contributed by atoms with Gasteiger partial charge < -0.3 is 9.84 Å². The van der Waals surface area contributed by atoms with Gasteiger partial charge in [0.25, 0.3) is 0 Å². The van der Waals surface area contributed by atoms with Crippen LogP contribution in [-0.4, -0.2) is 23.9 Å². The van der Waals surface area contributed by atoms with Crippen LogP contribution in [0.3, 0.4) is 0 Å². The van der Waals surface area contributed by atoms with Gasteiger partial charge in [0.2, 0.25) is 0 Å². The van der Waals surface area contributed by atoms with E-state index in [2.05, 4.69) is 0 Å². The maximum absolute atomic E-state index is 9.34. The fraction of sp³-hybridized carbons (Fsp3) is 1.00. The molecule has 2 nitrogen and oxygen atoms in total. The van der Waals surface area contributed by atoms with Crippen molar-refractivity contribution in [3.63, 3.8) is 0 Å². The maximum Gasteiger partial charge on any atom is 0.0575 e. The van der Waals surface area contributed by atoms with Gasteiger partial charge in [0.15, 0.2) is 0 Å². The molecule has 1 saturated carbocycles. The molecule has 2 heteroatoms. The lowest BCUT2D eigenvalue weighted by atomic mass is 9.98. The zero-order chi connectivity index (χ0) is 10.2. The first-order valence-electron chi connectivity index (χ1n) is 6.12. The highest BCUT2D eigenvalue weighted by atomic mass is 16.5. The van der Waals surface area contributed by atoms with Crippen LogP contribution in [-0.2, 0) is 4.74 Å². The molecule has 0 aromatic heterocycles. The average Bonchev–Trinajstić information content (AvgIpc) is 2.25. The third kappa shape index (κ3) is 4.97. The minimum atomic E-state index is -0.120. The van der Waals surface area contributed by atoms with E-state index in [1.54, 1.807) is 0 Å². The van der Waals surface area contributed by atoms with Crippen LogP contribution in [0.15, 0.2) is 0 Å². The molecule has 0 aliphatic heterocycles. The Kier molecular flexibility index (Phi) is 6.20. The highest BCUT2D eigenvalue weighted by molar-refractivity contribution is 4.65. The molecule has 0 radical (unpaired) electrons. The van der Waals surface area contributed by atoms with E-state index in [1.165, 1.54) is 32.1 Å². The fourth-order valence-corrected chi connectivity index (χ4v) is 2.00. The number of ether oxygens (including phenoxy) is 1. The van der Waals surface area contributed by atoms with Crippen molar-refractivity contribution in [2.45, 2.75) is 70.5 Å². The van der Waals surface area contributed by atoms with Crippen molar-refractivity contribution in [2.75, 3.05) is 6.61 Å². The van der Waals surface area contributed by atoms with Crippen LogP contribution in [0.4, 0.5) is 0 Å². The summed E-state index contributed by atoms with van der Waals surface area (Å²) in [4.78, 5) is 0. The zero-order valence-electron chi connectivity index (χ0n) is 9.37. The summed E-state index contributed by atoms with van der Waals surface area (Å²) in [6, 6.07) is 0. The second kappa shape index (κ2) is 7.24. The average molecular weight is 200 g/mol. The number of hydrogen-bond donors (Lipinski definition) is 1. The summed E-state index contributed by atoms with van der Waals surface area (Å²) >= 11 is 0. The summed E-state index contributed by atoms with van der Waals surface area (Å²) < 4.78 is 5.77. The number of aliphatic hydroxyl groups excluding tert-OH is 1. The minimum Gasteiger partial charge on any atom is -0.393 e. The largest absolute Gasteiger partial charge is 0.393 e. The summed E-state index contributed by atoms with van der Waals surface area (Å²) in [6.45, 7) is 2.86. The maximum atomic E-state index is 9.34. The molecule has 1 rings (SSSR count). The van der Waals surface area contributed by atoms with E-state index < -0.39 is 0 Å². The van der Waals surface area contributed by atoms with Gasteiger partial charge in [0.05, 0.1) is 12.2 Å². The smallest absolute Gasteiger partial charge is 0.0575 e. The van der Waals surface area contributed by atoms with Gasteiger partial charge in [0, 0.05) is 6.61 Å². The Hall–Kier alpha value is -0.0800. The van der Waals surface area contributed by atoms with E-state index in [1.807, 2.05) is 6.92 Å². The van der Waals surface area contributed by atoms with E-state index in [4.69, 9.17) is 4.74 Å². The molecule has 1 aliphatic carbocycles. The monoisotopic (exact) mass is 200 g/mol. The van der Waals surface area contributed by atoms with Crippen molar-refractivity contribution in [2.24, 2.45) is 0 Å². The summed E-state index contributed by atoms with van der Waals surface area (Å²) in [5, 5.41) is 9.34. The molecule has 0 amide bonds. The van der Waals surface area contributed by atoms with Crippen LogP contribution >= 0.6 is 0 Å². The Morgan fingerprint density at radius 2 is 2.00 bits per heavy atom. The zero-order valence-corrected chi connectivity index (χ0v) is 9.37. The molecule has 1 unspecified atom stereocenters. The van der Waals surface area contributed by atoms with Crippen molar-refractivity contribution in [1.29, 1.82) is 0 Å². The number of rotatable bonds is 6. The normalized spacial score (nSPS) is 21.0. The lowest BCUT2D eigenvalue weighted by molar-refractivity contribution is 0.0210. The lowest BCUT2D eigenvalue weighted by Gasteiger charge is -2.22. The molecule has 1 aliphatic rings. The third-order valence-electron chi connectivity index (χ3n) is 3.06. The van der Waals surface area contributed by atoms with E-state index in [9.17, 15) is 5.11 Å². The van der Waals surface area contributed by atoms with Gasteiger partial charge in [-0.15, -0.1) is 0 Å². The van der Waals surface area contributed by atoms with Gasteiger partial charge in [-0.2, -0.15) is 0 Å². The Balaban J connectivity index is 1.92. The lowest BCUT2D eigenvalue weighted by Crippen LogP contribution is -2.17. The van der Waals surface area contributed by atoms with Crippen LogP contribution in [0.1, 0.15) is 58.3 Å². The van der Waals surface area contributed by atoms with Gasteiger partial charge in [0.1, 0.15) is 0 Å². The molecule has 14 heavy (non-hydrogen) atoms. The molecule has 0 spiro atoms. The summed E-state index contributed by atoms with van der Waals surface area (Å²) in [5.41, 5.74) is 0. The Morgan fingerprint density at radius 1 is 1.29 bits per heavy atom. The predicted octanol–water partition coefficient (Wildman–Crippen LogP) is 2.89. The van der Waals surface area contributed by atoms with Gasteiger partial charge >= 0.3 is 0 Å². The Morgan fingerprint density at radius 3 is 2.64 bits per heavy atom. The molecular formula is C12H24O2. The topological polar surface area (TPSA) is 29.5 Å². The number of hydrogen-bond acceptors (Lipinski definition) is 2. The van der Waals surface area contributed by atoms with Crippen LogP contribution in [0.5, 0.6) is 0 Å². The second-order valence-corrected chi connectivity index (χ2v) is 4.34. The van der Waals surface area contributed by atoms with Crippen molar-refractivity contribution in [3.8, 4) is 0 Å². The van der Waals surface area contributed by atoms with Crippen LogP contribution in [0.25, 0.3) is 0 Å². The third-order valence-corrected chi connectivity index (χ3v) is 3.06. The fourth-order valence-electron chi connectivity index (χ4n) is 2.00. The molecule has 0 saturated heterocycles. The van der Waals surface area contributed by atoms with Crippen LogP contribution < -0.4 is 0 Å². The first kappa shape index (κ1) is 12.0. The molecule has 84 valence electrons. The quantitative estimate of drug-likeness (QED) is 0.668. The van der Waals surface area contributed by atoms with E-state index in [0.29, 0.717) is 6.10 Å². The number of aliphatic hydroxyl groups is 1. The van der Waals surface area contributed by atoms with Crippen molar-refractivity contribution >= 4 is 0 Å². The van der Waals surface area contributed by atoms with Gasteiger partial charge in [-0.05, 0) is 32.1 Å². The molecule has 1 fully saturated rings. The standard InChI is InChI=1S/C12H24O2/c1-2-11(13)7-6-10-14-12-8-4-3-5-9-12/h11-13H,2-10H2,1H3. The van der Waals surface area contributed by atoms with E-state index in [0.717, 1.165) is 25.9 Å². The van der Waals surface area contributed by atoms with Crippen LogP contribution in [0, 0.1) is 0 Å². The van der Waals surface area contributed by atoms with Crippen LogP contribution in [0.2, 0.25) is 0 Å². The second-order valence-electron chi connectivity index (χ2n) is 4.34. The molecule has 0 aromatic carbocycles. The van der Waals surface area contributed by atoms with Crippen molar-refractivity contribution in [3.05, 3.63) is 0 Å². The highest BCUT2D eigenvalue weighted by Gasteiger charge is 2.13. The molecule has 1 atom stereocenters. The Labute approximate surface area is 87.7 Å². The van der Waals surface area contributed by atoms with Gasteiger partial charge in [-0.3, -0.25) is 0 Å². The van der Waals surface area contributed by atoms with E-state index >= 15 is 0 Å². The SMILES string of the molecule is CCC(O)CCCOC1CCCCC1. The highest BCUT2D eigenvalue weighted by Crippen LogP contribution is 2.20.